The van der Waals surface area contributed by atoms with Gasteiger partial charge in [0.25, 0.3) is 5.91 Å². The van der Waals surface area contributed by atoms with Crippen LogP contribution in [0.15, 0.2) is 0 Å². The summed E-state index contributed by atoms with van der Waals surface area (Å²) in [6.07, 6.45) is 1.79. The lowest BCUT2D eigenvalue weighted by atomic mass is 10.1. The lowest BCUT2D eigenvalue weighted by molar-refractivity contribution is -0.150. The Morgan fingerprint density at radius 3 is 2.73 bits per heavy atom. The van der Waals surface area contributed by atoms with Crippen LogP contribution in [0.3, 0.4) is 0 Å². The van der Waals surface area contributed by atoms with E-state index in [2.05, 4.69) is 4.74 Å². The number of hydrogen-bond donors (Lipinski definition) is 0. The molecule has 0 aromatic heterocycles. The number of hydrogen-bond acceptors (Lipinski definition) is 4. The van der Waals surface area contributed by atoms with Gasteiger partial charge in [-0.25, -0.2) is 0 Å². The molecule has 0 N–H and O–H groups in total. The van der Waals surface area contributed by atoms with Crippen LogP contribution < -0.4 is 0 Å². The number of amides is 1. The molecule has 1 saturated heterocycles. The summed E-state index contributed by atoms with van der Waals surface area (Å²) >= 11 is 0. The summed E-state index contributed by atoms with van der Waals surface area (Å²) in [7, 11) is 1.22. The Morgan fingerprint density at radius 1 is 1.53 bits per heavy atom. The molecule has 5 nitrogen and oxygen atoms in total. The van der Waals surface area contributed by atoms with E-state index in [-0.39, 0.29) is 6.54 Å². The number of likely N-dealkylation sites (tertiary alicyclic amines) is 1. The first-order chi connectivity index (χ1) is 7.11. The first-order valence-corrected chi connectivity index (χ1v) is 5.02. The fourth-order valence-electron chi connectivity index (χ4n) is 1.56. The molecule has 0 bridgehead atoms. The van der Waals surface area contributed by atoms with Gasteiger partial charge in [0.15, 0.2) is 0 Å². The van der Waals surface area contributed by atoms with Crippen LogP contribution in [0.4, 0.5) is 0 Å². The Morgan fingerprint density at radius 2 is 2.20 bits per heavy atom. The molecule has 84 valence electrons. The average Bonchev–Trinajstić information content (AvgIpc) is 2.53. The van der Waals surface area contributed by atoms with Crippen LogP contribution in [0.2, 0.25) is 0 Å². The van der Waals surface area contributed by atoms with Crippen LogP contribution >= 0.6 is 0 Å². The van der Waals surface area contributed by atoms with Gasteiger partial charge >= 0.3 is 5.97 Å². The molecule has 0 saturated carbocycles. The molecule has 1 atom stereocenters. The predicted molar refractivity (Wildman–Crippen MR) is 52.0 cm³/mol. The van der Waals surface area contributed by atoms with Gasteiger partial charge in [-0.05, 0) is 6.42 Å². The second kappa shape index (κ2) is 4.91. The summed E-state index contributed by atoms with van der Waals surface area (Å²) in [6, 6.07) is 0. The van der Waals surface area contributed by atoms with Gasteiger partial charge in [-0.3, -0.25) is 14.4 Å². The molecule has 0 aromatic rings. The molecular weight excluding hydrogens is 198 g/mol. The van der Waals surface area contributed by atoms with E-state index in [4.69, 9.17) is 0 Å². The Balaban J connectivity index is 2.63. The molecule has 1 rings (SSSR count). The molecule has 0 radical (unpaired) electrons. The number of Topliss-reactive ketones (excluding diaryl/α,β-unsaturated/α-hetero) is 1. The molecule has 15 heavy (non-hydrogen) atoms. The molecular formula is C10H15NO4. The first-order valence-electron chi connectivity index (χ1n) is 5.02. The highest BCUT2D eigenvalue weighted by Gasteiger charge is 2.43. The normalized spacial score (nSPS) is 20.9. The minimum absolute atomic E-state index is 0.171. The first kappa shape index (κ1) is 11.7. The second-order valence-electron chi connectivity index (χ2n) is 3.54. The predicted octanol–water partition coefficient (Wildman–Crippen LogP) is -0.0130. The van der Waals surface area contributed by atoms with Crippen molar-refractivity contribution in [3.05, 3.63) is 0 Å². The minimum Gasteiger partial charge on any atom is -0.468 e. The van der Waals surface area contributed by atoms with Crippen LogP contribution in [0.25, 0.3) is 0 Å². The third-order valence-corrected chi connectivity index (χ3v) is 2.48. The average molecular weight is 213 g/mol. The van der Waals surface area contributed by atoms with Gasteiger partial charge in [-0.15, -0.1) is 0 Å². The molecule has 5 heteroatoms. The minimum atomic E-state index is -0.917. The number of rotatable bonds is 4. The summed E-state index contributed by atoms with van der Waals surface area (Å²) in [5, 5.41) is 0. The van der Waals surface area contributed by atoms with Crippen LogP contribution in [0.1, 0.15) is 19.8 Å². The van der Waals surface area contributed by atoms with Gasteiger partial charge in [0.05, 0.1) is 7.11 Å². The van der Waals surface area contributed by atoms with Crippen molar-refractivity contribution in [3.8, 4) is 0 Å². The van der Waals surface area contributed by atoms with E-state index in [0.29, 0.717) is 6.54 Å². The molecule has 1 aliphatic heterocycles. The number of unbranched alkanes of at least 4 members (excludes halogenated alkanes) is 1. The fourth-order valence-corrected chi connectivity index (χ4v) is 1.56. The number of nitrogens with zero attached hydrogens (tertiary/aromatic N) is 1. The number of carbonyl (C=O) groups excluding carboxylic acids is 3. The van der Waals surface area contributed by atoms with Crippen LogP contribution in [-0.2, 0) is 19.1 Å². The van der Waals surface area contributed by atoms with E-state index >= 15 is 0 Å². The Kier molecular flexibility index (Phi) is 3.82. The maximum absolute atomic E-state index is 11.4. The van der Waals surface area contributed by atoms with Crippen molar-refractivity contribution < 1.29 is 19.1 Å². The SMILES string of the molecule is CCCCN1CC(C(=O)OC)C(=O)C1=O. The standard InChI is InChI=1S/C10H15NO4/c1-3-4-5-11-6-7(10(14)15-2)8(12)9(11)13/h7H,3-6H2,1-2H3. The van der Waals surface area contributed by atoms with E-state index in [1.165, 1.54) is 12.0 Å². The van der Waals surface area contributed by atoms with Crippen LogP contribution in [-0.4, -0.2) is 42.8 Å². The van der Waals surface area contributed by atoms with E-state index in [1.807, 2.05) is 6.92 Å². The molecule has 1 heterocycles. The van der Waals surface area contributed by atoms with Crippen molar-refractivity contribution in [1.82, 2.24) is 4.90 Å². The lowest BCUT2D eigenvalue weighted by Crippen LogP contribution is -2.28. The van der Waals surface area contributed by atoms with Crippen molar-refractivity contribution >= 4 is 17.7 Å². The second-order valence-corrected chi connectivity index (χ2v) is 3.54. The Bertz CT molecular complexity index is 287. The van der Waals surface area contributed by atoms with E-state index in [1.54, 1.807) is 0 Å². The lowest BCUT2D eigenvalue weighted by Gasteiger charge is -2.13. The van der Waals surface area contributed by atoms with Crippen molar-refractivity contribution in [2.75, 3.05) is 20.2 Å². The molecule has 1 unspecified atom stereocenters. The summed E-state index contributed by atoms with van der Waals surface area (Å²) in [5.74, 6) is -2.73. The summed E-state index contributed by atoms with van der Waals surface area (Å²) < 4.78 is 4.47. The topological polar surface area (TPSA) is 63.7 Å². The zero-order valence-corrected chi connectivity index (χ0v) is 8.99. The number of ketones is 1. The summed E-state index contributed by atoms with van der Waals surface area (Å²) in [5.41, 5.74) is 0. The molecule has 0 aliphatic carbocycles. The Hall–Kier alpha value is -1.39. The maximum atomic E-state index is 11.4. The molecule has 1 fully saturated rings. The molecule has 0 aromatic carbocycles. The summed E-state index contributed by atoms with van der Waals surface area (Å²) in [6.45, 7) is 2.71. The zero-order chi connectivity index (χ0) is 11.4. The fraction of sp³-hybridized carbons (Fsp3) is 0.700. The van der Waals surface area contributed by atoms with Crippen LogP contribution in [0.5, 0.6) is 0 Å². The van der Waals surface area contributed by atoms with E-state index < -0.39 is 23.6 Å². The van der Waals surface area contributed by atoms with Gasteiger partial charge < -0.3 is 9.64 Å². The third kappa shape index (κ3) is 2.34. The van der Waals surface area contributed by atoms with Crippen molar-refractivity contribution in [2.45, 2.75) is 19.8 Å². The number of ether oxygens (including phenoxy) is 1. The molecule has 1 aliphatic rings. The van der Waals surface area contributed by atoms with E-state index in [9.17, 15) is 14.4 Å². The van der Waals surface area contributed by atoms with Crippen LogP contribution in [0, 0.1) is 5.92 Å². The highest BCUT2D eigenvalue weighted by atomic mass is 16.5. The van der Waals surface area contributed by atoms with Gasteiger partial charge in [-0.2, -0.15) is 0 Å². The smallest absolute Gasteiger partial charge is 0.318 e. The number of methoxy groups -OCH3 is 1. The highest BCUT2D eigenvalue weighted by Crippen LogP contribution is 2.16. The number of esters is 1. The summed E-state index contributed by atoms with van der Waals surface area (Å²) in [4.78, 5) is 35.4. The van der Waals surface area contributed by atoms with Gasteiger partial charge in [-0.1, -0.05) is 13.3 Å². The Labute approximate surface area is 88.4 Å². The van der Waals surface area contributed by atoms with Crippen molar-refractivity contribution in [1.29, 1.82) is 0 Å². The molecule has 0 spiro atoms. The number of carbonyl (C=O) groups is 3. The third-order valence-electron chi connectivity index (χ3n) is 2.48. The quantitative estimate of drug-likeness (QED) is 0.374. The van der Waals surface area contributed by atoms with Crippen molar-refractivity contribution in [2.24, 2.45) is 5.92 Å². The molecule has 1 amide bonds. The van der Waals surface area contributed by atoms with Gasteiger partial charge in [0.2, 0.25) is 5.78 Å². The van der Waals surface area contributed by atoms with Crippen molar-refractivity contribution in [3.63, 3.8) is 0 Å². The van der Waals surface area contributed by atoms with Gasteiger partial charge in [0.1, 0.15) is 5.92 Å². The van der Waals surface area contributed by atoms with E-state index in [0.717, 1.165) is 12.8 Å². The van der Waals surface area contributed by atoms with Gasteiger partial charge in [0, 0.05) is 13.1 Å². The maximum Gasteiger partial charge on any atom is 0.318 e. The monoisotopic (exact) mass is 213 g/mol. The largest absolute Gasteiger partial charge is 0.468 e. The zero-order valence-electron chi connectivity index (χ0n) is 8.99. The highest BCUT2D eigenvalue weighted by molar-refractivity contribution is 6.42.